The van der Waals surface area contributed by atoms with Crippen LogP contribution in [0.1, 0.15) is 0 Å². The molecule has 98 valence electrons. The minimum Gasteiger partial charge on any atom is -0.595 e. The van der Waals surface area contributed by atoms with Crippen molar-refractivity contribution in [3.8, 4) is 0 Å². The molecule has 0 aliphatic rings. The molecular weight excluding hydrogens is 340 g/mol. The molecule has 0 radical (unpaired) electrons. The highest BCUT2D eigenvalue weighted by Gasteiger charge is 2.20. The third kappa shape index (κ3) is 4.64. The molecule has 3 nitrogen and oxygen atoms in total. The summed E-state index contributed by atoms with van der Waals surface area (Å²) in [6.07, 6.45) is 0. The van der Waals surface area contributed by atoms with Gasteiger partial charge in [-0.25, -0.2) is 5.21 Å². The van der Waals surface area contributed by atoms with Crippen LogP contribution in [-0.2, 0) is 0 Å². The molecule has 0 saturated carbocycles. The summed E-state index contributed by atoms with van der Waals surface area (Å²) in [4.78, 5) is 0.774. The third-order valence-electron chi connectivity index (χ3n) is 1.75. The highest BCUT2D eigenvalue weighted by atomic mass is 35.5. The summed E-state index contributed by atoms with van der Waals surface area (Å²) in [7, 11) is 0. The van der Waals surface area contributed by atoms with Crippen LogP contribution >= 0.6 is 58.2 Å². The molecule has 1 aromatic rings. The fourth-order valence-corrected chi connectivity index (χ4v) is 2.70. The van der Waals surface area contributed by atoms with Gasteiger partial charge in [-0.2, -0.15) is 5.23 Å². The smallest absolute Gasteiger partial charge is 0.210 e. The fraction of sp³-hybridized carbons (Fsp3) is 0. The molecular formula is C10H7Cl4NO2S. The first-order valence-electron chi connectivity index (χ1n) is 4.50. The highest BCUT2D eigenvalue weighted by molar-refractivity contribution is 8.04. The number of halogens is 4. The van der Waals surface area contributed by atoms with E-state index >= 15 is 0 Å². The van der Waals surface area contributed by atoms with Gasteiger partial charge in [0.25, 0.3) is 0 Å². The minimum atomic E-state index is -1.30. The molecule has 1 rings (SSSR count). The second-order valence-corrected chi connectivity index (χ2v) is 5.96. The lowest BCUT2D eigenvalue weighted by atomic mass is 10.4. The van der Waals surface area contributed by atoms with Crippen molar-refractivity contribution >= 4 is 58.2 Å². The fourth-order valence-electron chi connectivity index (χ4n) is 1.00. The average molecular weight is 347 g/mol. The molecule has 0 aliphatic heterocycles. The molecule has 1 atom stereocenters. The van der Waals surface area contributed by atoms with E-state index in [2.05, 4.69) is 0 Å². The van der Waals surface area contributed by atoms with Crippen LogP contribution in [0.15, 0.2) is 54.8 Å². The number of nitrogens with one attached hydrogen (secondary N) is 1. The number of benzene rings is 1. The van der Waals surface area contributed by atoms with Gasteiger partial charge in [0.2, 0.25) is 5.70 Å². The van der Waals surface area contributed by atoms with Gasteiger partial charge >= 0.3 is 0 Å². The van der Waals surface area contributed by atoms with Crippen molar-refractivity contribution in [3.63, 3.8) is 0 Å². The van der Waals surface area contributed by atoms with Crippen molar-refractivity contribution in [3.05, 3.63) is 55.1 Å². The minimum absolute atomic E-state index is 0.0162. The number of rotatable bonds is 4. The molecule has 0 aliphatic carbocycles. The predicted molar refractivity (Wildman–Crippen MR) is 75.9 cm³/mol. The molecule has 0 saturated heterocycles. The summed E-state index contributed by atoms with van der Waals surface area (Å²) in [6.45, 7) is 0. The molecule has 18 heavy (non-hydrogen) atoms. The number of hydroxylamine groups is 2. The Balaban J connectivity index is 3.10. The van der Waals surface area contributed by atoms with Gasteiger partial charge in [0, 0.05) is 4.90 Å². The predicted octanol–water partition coefficient (Wildman–Crippen LogP) is 3.84. The highest BCUT2D eigenvalue weighted by Crippen LogP contribution is 2.34. The van der Waals surface area contributed by atoms with Gasteiger partial charge in [-0.3, -0.25) is 0 Å². The number of allylic oxidation sites excluding steroid dienone is 1. The van der Waals surface area contributed by atoms with Gasteiger partial charge in [-0.1, -0.05) is 76.4 Å². The summed E-state index contributed by atoms with van der Waals surface area (Å²) in [5.41, 5.74) is -0.327. The maximum Gasteiger partial charge on any atom is 0.210 e. The normalized spacial score (nSPS) is 13.9. The summed E-state index contributed by atoms with van der Waals surface area (Å²) in [5, 5.41) is 18.5. The first-order chi connectivity index (χ1) is 8.43. The van der Waals surface area contributed by atoms with Crippen molar-refractivity contribution < 1.29 is 10.4 Å². The summed E-state index contributed by atoms with van der Waals surface area (Å²) in [5.74, 6) is 0. The van der Waals surface area contributed by atoms with Gasteiger partial charge in [0.1, 0.15) is 13.9 Å². The Morgan fingerprint density at radius 1 is 1.11 bits per heavy atom. The lowest BCUT2D eigenvalue weighted by Gasteiger charge is -2.16. The zero-order valence-corrected chi connectivity index (χ0v) is 12.5. The van der Waals surface area contributed by atoms with Gasteiger partial charge < -0.3 is 5.21 Å². The van der Waals surface area contributed by atoms with Gasteiger partial charge in [-0.05, 0) is 12.1 Å². The first-order valence-corrected chi connectivity index (χ1v) is 6.83. The monoisotopic (exact) mass is 345 g/mol. The SMILES string of the molecule is [O-][NH+](O)/C(C(Cl)=C(Cl)Cl)=C(\Cl)Sc1ccccc1. The molecule has 0 spiro atoms. The number of thioether (sulfide) groups is 1. The van der Waals surface area contributed by atoms with E-state index in [1.807, 2.05) is 6.07 Å². The molecule has 8 heteroatoms. The largest absolute Gasteiger partial charge is 0.595 e. The summed E-state index contributed by atoms with van der Waals surface area (Å²) >= 11 is 23.6. The van der Waals surface area contributed by atoms with Gasteiger partial charge in [-0.15, -0.1) is 0 Å². The number of hydrogen-bond acceptors (Lipinski definition) is 3. The van der Waals surface area contributed by atoms with Crippen molar-refractivity contribution in [1.29, 1.82) is 0 Å². The van der Waals surface area contributed by atoms with E-state index in [-0.39, 0.29) is 19.6 Å². The zero-order valence-electron chi connectivity index (χ0n) is 8.66. The van der Waals surface area contributed by atoms with Crippen LogP contribution in [0, 0.1) is 5.21 Å². The molecule has 1 unspecified atom stereocenters. The molecule has 2 N–H and O–H groups in total. The third-order valence-corrected chi connectivity index (χ3v) is 4.01. The maximum atomic E-state index is 11.1. The van der Waals surface area contributed by atoms with Crippen molar-refractivity contribution in [2.24, 2.45) is 0 Å². The van der Waals surface area contributed by atoms with Crippen molar-refractivity contribution in [1.82, 2.24) is 0 Å². The molecule has 0 fully saturated rings. The lowest BCUT2D eigenvalue weighted by molar-refractivity contribution is -1.01. The Hall–Kier alpha value is 0.0900. The molecule has 0 amide bonds. The summed E-state index contributed by atoms with van der Waals surface area (Å²) < 4.78 is -0.363. The molecule has 0 bridgehead atoms. The van der Waals surface area contributed by atoms with Crippen LogP contribution in [0.25, 0.3) is 0 Å². The van der Waals surface area contributed by atoms with Gasteiger partial charge in [0.05, 0.1) is 0 Å². The maximum absolute atomic E-state index is 11.1. The first kappa shape index (κ1) is 16.1. The Morgan fingerprint density at radius 2 is 1.67 bits per heavy atom. The van der Waals surface area contributed by atoms with E-state index in [1.165, 1.54) is 0 Å². The van der Waals surface area contributed by atoms with Crippen LogP contribution in [0.4, 0.5) is 0 Å². The quantitative estimate of drug-likeness (QED) is 0.494. The Bertz CT molecular complexity index is 472. The van der Waals surface area contributed by atoms with E-state index in [0.717, 1.165) is 16.7 Å². The molecule has 0 aromatic heterocycles. The van der Waals surface area contributed by atoms with Gasteiger partial charge in [0.15, 0.2) is 0 Å². The van der Waals surface area contributed by atoms with E-state index in [4.69, 9.17) is 51.6 Å². The summed E-state index contributed by atoms with van der Waals surface area (Å²) in [6, 6.07) is 9.01. The second kappa shape index (κ2) is 7.62. The van der Waals surface area contributed by atoms with E-state index in [1.54, 1.807) is 24.3 Å². The topological polar surface area (TPSA) is 47.7 Å². The molecule has 1 aromatic carbocycles. The van der Waals surface area contributed by atoms with E-state index in [0.29, 0.717) is 0 Å². The van der Waals surface area contributed by atoms with Crippen LogP contribution in [0.2, 0.25) is 0 Å². The van der Waals surface area contributed by atoms with Crippen LogP contribution in [-0.4, -0.2) is 5.21 Å². The Labute approximate surface area is 128 Å². The van der Waals surface area contributed by atoms with E-state index < -0.39 is 5.23 Å². The zero-order chi connectivity index (χ0) is 13.7. The number of quaternary nitrogens is 1. The Morgan fingerprint density at radius 3 is 2.11 bits per heavy atom. The van der Waals surface area contributed by atoms with Crippen LogP contribution in [0.5, 0.6) is 0 Å². The second-order valence-electron chi connectivity index (χ2n) is 2.94. The van der Waals surface area contributed by atoms with Crippen molar-refractivity contribution in [2.75, 3.05) is 0 Å². The van der Waals surface area contributed by atoms with Crippen molar-refractivity contribution in [2.45, 2.75) is 4.90 Å². The van der Waals surface area contributed by atoms with E-state index in [9.17, 15) is 5.21 Å². The van der Waals surface area contributed by atoms with Crippen LogP contribution < -0.4 is 5.23 Å². The lowest BCUT2D eigenvalue weighted by Crippen LogP contribution is -3.02. The molecule has 0 heterocycles. The van der Waals surface area contributed by atoms with Crippen LogP contribution in [0.3, 0.4) is 0 Å². The standard InChI is InChI=1S/C10H7Cl4NO2S/c11-7(9(12)13)8(15(16)17)10(14)18-6-4-2-1-3-5-6/h1-5,15-16H/b10-8+. The average Bonchev–Trinajstić information content (AvgIpc) is 2.29. The number of hydrogen-bond donors (Lipinski definition) is 2. The Kier molecular flexibility index (Phi) is 6.84.